The number of amides is 2. The molecule has 1 aliphatic heterocycles. The summed E-state index contributed by atoms with van der Waals surface area (Å²) in [6, 6.07) is 6.80. The number of carbonyl (C=O) groups excluding carboxylic acids is 3. The van der Waals surface area contributed by atoms with E-state index < -0.39 is 5.97 Å². The molecule has 0 radical (unpaired) electrons. The van der Waals surface area contributed by atoms with Gasteiger partial charge >= 0.3 is 5.97 Å². The number of carbonyl (C=O) groups is 3. The van der Waals surface area contributed by atoms with E-state index in [9.17, 15) is 14.4 Å². The van der Waals surface area contributed by atoms with Crippen molar-refractivity contribution in [2.45, 2.75) is 12.8 Å². The number of benzene rings is 1. The summed E-state index contributed by atoms with van der Waals surface area (Å²) in [7, 11) is 3.33. The van der Waals surface area contributed by atoms with E-state index in [-0.39, 0.29) is 24.7 Å². The number of hydrogen-bond donors (Lipinski definition) is 1. The van der Waals surface area contributed by atoms with E-state index in [0.29, 0.717) is 11.3 Å². The van der Waals surface area contributed by atoms with E-state index in [1.165, 1.54) is 7.11 Å². The Kier molecular flexibility index (Phi) is 6.31. The summed E-state index contributed by atoms with van der Waals surface area (Å²) in [4.78, 5) is 39.2. The number of nitrogens with one attached hydrogen (secondary N) is 1. The van der Waals surface area contributed by atoms with Crippen LogP contribution in [0.25, 0.3) is 0 Å². The van der Waals surface area contributed by atoms with Crippen LogP contribution in [-0.4, -0.2) is 67.9 Å². The average Bonchev–Trinajstić information content (AvgIpc) is 2.60. The Labute approximate surface area is 141 Å². The molecule has 0 aliphatic carbocycles. The van der Waals surface area contributed by atoms with Crippen LogP contribution in [0.1, 0.15) is 23.2 Å². The minimum absolute atomic E-state index is 0.00617. The van der Waals surface area contributed by atoms with Gasteiger partial charge in [0.05, 0.1) is 13.5 Å². The first-order valence-corrected chi connectivity index (χ1v) is 7.94. The molecular weight excluding hydrogens is 310 g/mol. The van der Waals surface area contributed by atoms with Gasteiger partial charge in [-0.15, -0.1) is 0 Å². The van der Waals surface area contributed by atoms with Gasteiger partial charge < -0.3 is 19.9 Å². The Hall–Kier alpha value is -2.41. The summed E-state index contributed by atoms with van der Waals surface area (Å²) in [6.07, 6.45) is 0.108. The average molecular weight is 333 g/mol. The van der Waals surface area contributed by atoms with Gasteiger partial charge in [-0.2, -0.15) is 0 Å². The maximum atomic E-state index is 12.4. The van der Waals surface area contributed by atoms with Crippen LogP contribution in [-0.2, 0) is 14.3 Å². The van der Waals surface area contributed by atoms with Crippen LogP contribution in [0.2, 0.25) is 0 Å². The zero-order valence-electron chi connectivity index (χ0n) is 14.1. The number of esters is 1. The van der Waals surface area contributed by atoms with Gasteiger partial charge in [0, 0.05) is 43.9 Å². The highest BCUT2D eigenvalue weighted by Gasteiger charge is 2.20. The highest BCUT2D eigenvalue weighted by molar-refractivity contribution is 5.96. The third-order valence-electron chi connectivity index (χ3n) is 3.99. The maximum Gasteiger partial charge on any atom is 0.306 e. The minimum Gasteiger partial charge on any atom is -0.469 e. The molecule has 1 aliphatic rings. The van der Waals surface area contributed by atoms with Crippen molar-refractivity contribution in [3.05, 3.63) is 29.8 Å². The second-order valence-electron chi connectivity index (χ2n) is 5.80. The molecule has 1 N–H and O–H groups in total. The number of piperazine rings is 1. The summed E-state index contributed by atoms with van der Waals surface area (Å²) in [5.74, 6) is -0.677. The van der Waals surface area contributed by atoms with E-state index in [4.69, 9.17) is 0 Å². The topological polar surface area (TPSA) is 78.9 Å². The Morgan fingerprint density at radius 1 is 1.04 bits per heavy atom. The van der Waals surface area contributed by atoms with Gasteiger partial charge in [-0.1, -0.05) is 0 Å². The second-order valence-corrected chi connectivity index (χ2v) is 5.80. The highest BCUT2D eigenvalue weighted by Crippen LogP contribution is 2.13. The summed E-state index contributed by atoms with van der Waals surface area (Å²) in [5.41, 5.74) is 1.20. The number of methoxy groups -OCH3 is 1. The molecule has 2 amide bonds. The molecule has 1 aromatic rings. The van der Waals surface area contributed by atoms with E-state index in [0.717, 1.165) is 26.2 Å². The van der Waals surface area contributed by atoms with Crippen molar-refractivity contribution in [2.24, 2.45) is 0 Å². The van der Waals surface area contributed by atoms with Crippen molar-refractivity contribution in [3.63, 3.8) is 0 Å². The molecule has 1 heterocycles. The summed E-state index contributed by atoms with van der Waals surface area (Å²) < 4.78 is 4.49. The third-order valence-corrected chi connectivity index (χ3v) is 3.99. The number of anilines is 1. The Bertz CT molecular complexity index is 592. The first-order valence-electron chi connectivity index (χ1n) is 7.94. The zero-order valence-corrected chi connectivity index (χ0v) is 14.1. The standard InChI is InChI=1S/C17H23N3O4/c1-19-9-11-20(12-10-19)17(23)13-3-5-14(6-4-13)18-15(21)7-8-16(22)24-2/h3-6H,7-12H2,1-2H3,(H,18,21). The monoisotopic (exact) mass is 333 g/mol. The van der Waals surface area contributed by atoms with Crippen molar-refractivity contribution in [1.29, 1.82) is 0 Å². The SMILES string of the molecule is COC(=O)CCC(=O)Nc1ccc(C(=O)N2CCN(C)CC2)cc1. The molecule has 0 saturated carbocycles. The van der Waals surface area contributed by atoms with Gasteiger partial charge in [0.2, 0.25) is 5.91 Å². The van der Waals surface area contributed by atoms with Crippen LogP contribution in [0, 0.1) is 0 Å². The molecule has 2 rings (SSSR count). The molecule has 0 bridgehead atoms. The van der Waals surface area contributed by atoms with Crippen LogP contribution in [0.4, 0.5) is 5.69 Å². The second kappa shape index (κ2) is 8.44. The predicted molar refractivity (Wildman–Crippen MR) is 89.7 cm³/mol. The molecule has 0 spiro atoms. The van der Waals surface area contributed by atoms with Crippen LogP contribution in [0.15, 0.2) is 24.3 Å². The van der Waals surface area contributed by atoms with Crippen molar-refractivity contribution in [1.82, 2.24) is 9.80 Å². The molecule has 1 aromatic carbocycles. The number of hydrogen-bond acceptors (Lipinski definition) is 5. The molecule has 0 atom stereocenters. The Morgan fingerprint density at radius 3 is 2.25 bits per heavy atom. The smallest absolute Gasteiger partial charge is 0.306 e. The van der Waals surface area contributed by atoms with E-state index in [1.54, 1.807) is 24.3 Å². The van der Waals surface area contributed by atoms with Gasteiger partial charge in [0.1, 0.15) is 0 Å². The lowest BCUT2D eigenvalue weighted by Gasteiger charge is -2.32. The van der Waals surface area contributed by atoms with Crippen molar-refractivity contribution in [3.8, 4) is 0 Å². The van der Waals surface area contributed by atoms with Crippen molar-refractivity contribution >= 4 is 23.5 Å². The fourth-order valence-electron chi connectivity index (χ4n) is 2.43. The van der Waals surface area contributed by atoms with Gasteiger partial charge in [-0.25, -0.2) is 0 Å². The van der Waals surface area contributed by atoms with E-state index in [2.05, 4.69) is 15.0 Å². The lowest BCUT2D eigenvalue weighted by Crippen LogP contribution is -2.47. The van der Waals surface area contributed by atoms with Crippen molar-refractivity contribution < 1.29 is 19.1 Å². The molecule has 7 nitrogen and oxygen atoms in total. The molecule has 130 valence electrons. The lowest BCUT2D eigenvalue weighted by molar-refractivity contribution is -0.141. The lowest BCUT2D eigenvalue weighted by atomic mass is 10.1. The fraction of sp³-hybridized carbons (Fsp3) is 0.471. The van der Waals surface area contributed by atoms with Crippen LogP contribution < -0.4 is 5.32 Å². The van der Waals surface area contributed by atoms with Crippen LogP contribution in [0.5, 0.6) is 0 Å². The van der Waals surface area contributed by atoms with Gasteiger partial charge in [-0.05, 0) is 31.3 Å². The molecular formula is C17H23N3O4. The number of nitrogens with zero attached hydrogens (tertiary/aromatic N) is 2. The maximum absolute atomic E-state index is 12.4. The largest absolute Gasteiger partial charge is 0.469 e. The number of likely N-dealkylation sites (N-methyl/N-ethyl adjacent to an activating group) is 1. The van der Waals surface area contributed by atoms with Crippen LogP contribution >= 0.6 is 0 Å². The third kappa shape index (κ3) is 5.06. The number of rotatable bonds is 5. The minimum atomic E-state index is -0.418. The summed E-state index contributed by atoms with van der Waals surface area (Å²) >= 11 is 0. The van der Waals surface area contributed by atoms with Gasteiger partial charge in [0.15, 0.2) is 0 Å². The zero-order chi connectivity index (χ0) is 17.5. The van der Waals surface area contributed by atoms with E-state index in [1.807, 2.05) is 11.9 Å². The van der Waals surface area contributed by atoms with Gasteiger partial charge in [0.25, 0.3) is 5.91 Å². The van der Waals surface area contributed by atoms with Gasteiger partial charge in [-0.3, -0.25) is 14.4 Å². The Balaban J connectivity index is 1.87. The quantitative estimate of drug-likeness (QED) is 0.812. The molecule has 7 heteroatoms. The Morgan fingerprint density at radius 2 is 1.67 bits per heavy atom. The van der Waals surface area contributed by atoms with Crippen LogP contribution in [0.3, 0.4) is 0 Å². The first kappa shape index (κ1) is 17.9. The van der Waals surface area contributed by atoms with Crippen molar-refractivity contribution in [2.75, 3.05) is 45.7 Å². The molecule has 1 fully saturated rings. The molecule has 0 aromatic heterocycles. The highest BCUT2D eigenvalue weighted by atomic mass is 16.5. The normalized spacial score (nSPS) is 15.0. The fourth-order valence-corrected chi connectivity index (χ4v) is 2.43. The van der Waals surface area contributed by atoms with E-state index >= 15 is 0 Å². The number of ether oxygens (including phenoxy) is 1. The molecule has 1 saturated heterocycles. The molecule has 24 heavy (non-hydrogen) atoms. The summed E-state index contributed by atoms with van der Waals surface area (Å²) in [6.45, 7) is 3.20. The predicted octanol–water partition coefficient (Wildman–Crippen LogP) is 0.966. The molecule has 0 unspecified atom stereocenters. The summed E-state index contributed by atoms with van der Waals surface area (Å²) in [5, 5.41) is 2.69. The first-order chi connectivity index (χ1) is 11.5.